The maximum absolute atomic E-state index is 13.0. The minimum Gasteiger partial charge on any atom is -0.507 e. The fraction of sp³-hybridized carbons (Fsp3) is 0.560. The van der Waals surface area contributed by atoms with Crippen LogP contribution in [0.2, 0.25) is 0 Å². The van der Waals surface area contributed by atoms with Crippen molar-refractivity contribution in [3.8, 4) is 11.5 Å². The number of aryl methyl sites for hydroxylation is 1. The van der Waals surface area contributed by atoms with Crippen LogP contribution in [0.1, 0.15) is 80.3 Å². The Balaban J connectivity index is 2.55. The van der Waals surface area contributed by atoms with Gasteiger partial charge in [-0.3, -0.25) is 4.79 Å². The van der Waals surface area contributed by atoms with Crippen LogP contribution in [0.15, 0.2) is 29.9 Å². The summed E-state index contributed by atoms with van der Waals surface area (Å²) in [6.07, 6.45) is 6.44. The molecule has 1 unspecified atom stereocenters. The Morgan fingerprint density at radius 1 is 1.35 bits per heavy atom. The number of carbonyl (C=O) groups is 1. The van der Waals surface area contributed by atoms with Crippen LogP contribution in [-0.2, 0) is 6.42 Å². The monoisotopic (exact) mass is 430 g/mol. The zero-order valence-corrected chi connectivity index (χ0v) is 19.1. The summed E-state index contributed by atoms with van der Waals surface area (Å²) in [4.78, 5) is 13.0. The summed E-state index contributed by atoms with van der Waals surface area (Å²) in [6.45, 7) is 10.2. The highest BCUT2D eigenvalue weighted by atomic mass is 16.3. The minimum atomic E-state index is -0.858. The number of carbonyl (C=O) groups excluding carboxylic acids is 1. The highest BCUT2D eigenvalue weighted by Gasteiger charge is 2.33. The number of nitrogens with two attached hydrogens (primary N) is 1. The number of nitrogens with one attached hydrogen (secondary N) is 1. The van der Waals surface area contributed by atoms with E-state index in [2.05, 4.69) is 24.9 Å². The predicted molar refractivity (Wildman–Crippen MR) is 124 cm³/mol. The number of amides is 1. The van der Waals surface area contributed by atoms with Gasteiger partial charge in [0.05, 0.1) is 11.7 Å². The first-order chi connectivity index (χ1) is 14.7. The first-order valence-electron chi connectivity index (χ1n) is 11.3. The fourth-order valence-corrected chi connectivity index (χ4v) is 4.36. The number of aromatic hydroxyl groups is 2. The van der Waals surface area contributed by atoms with Gasteiger partial charge in [0.2, 0.25) is 0 Å². The number of rotatable bonds is 10. The van der Waals surface area contributed by atoms with Gasteiger partial charge in [0, 0.05) is 24.6 Å². The van der Waals surface area contributed by atoms with E-state index in [0.717, 1.165) is 37.7 Å². The molecule has 2 rings (SSSR count). The number of aliphatic hydroxyl groups excluding tert-OH is 1. The highest BCUT2D eigenvalue weighted by molar-refractivity contribution is 5.99. The molecule has 31 heavy (non-hydrogen) atoms. The summed E-state index contributed by atoms with van der Waals surface area (Å²) >= 11 is 0. The second kappa shape index (κ2) is 11.3. The molecular formula is C25H38N2O4. The Bertz CT molecular complexity index is 831. The van der Waals surface area contributed by atoms with Crippen molar-refractivity contribution < 1.29 is 20.1 Å². The number of allylic oxidation sites excluding steroid dienone is 3. The lowest BCUT2D eigenvalue weighted by molar-refractivity contribution is 0.0916. The molecule has 0 saturated heterocycles. The number of aliphatic hydroxyl groups is 1. The van der Waals surface area contributed by atoms with E-state index in [1.165, 1.54) is 5.57 Å². The van der Waals surface area contributed by atoms with Gasteiger partial charge in [-0.15, -0.1) is 0 Å². The first kappa shape index (κ1) is 25.0. The van der Waals surface area contributed by atoms with Gasteiger partial charge in [0.15, 0.2) is 0 Å². The molecular weight excluding hydrogens is 392 g/mol. The highest BCUT2D eigenvalue weighted by Crippen LogP contribution is 2.48. The third-order valence-electron chi connectivity index (χ3n) is 6.16. The minimum absolute atomic E-state index is 0.00376. The Morgan fingerprint density at radius 2 is 2.06 bits per heavy atom. The van der Waals surface area contributed by atoms with Crippen molar-refractivity contribution in [2.45, 2.75) is 71.3 Å². The number of benzene rings is 1. The SMILES string of the molecule is C=C(C)[C@H]1CCC(C)=C[C@H]1c1c(O)cc(CCCCC)c(C(=O)NCC(O)CN)c1O. The van der Waals surface area contributed by atoms with Gasteiger partial charge < -0.3 is 26.4 Å². The van der Waals surface area contributed by atoms with Crippen molar-refractivity contribution in [1.82, 2.24) is 5.32 Å². The second-order valence-electron chi connectivity index (χ2n) is 8.78. The molecule has 1 aliphatic rings. The summed E-state index contributed by atoms with van der Waals surface area (Å²) in [5, 5.41) is 34.6. The van der Waals surface area contributed by atoms with E-state index in [4.69, 9.17) is 5.73 Å². The average molecular weight is 431 g/mol. The number of hydrogen-bond donors (Lipinski definition) is 5. The van der Waals surface area contributed by atoms with Gasteiger partial charge in [-0.1, -0.05) is 43.6 Å². The first-order valence-corrected chi connectivity index (χ1v) is 11.3. The largest absolute Gasteiger partial charge is 0.507 e. The molecule has 1 amide bonds. The van der Waals surface area contributed by atoms with Crippen LogP contribution in [0.4, 0.5) is 0 Å². The maximum atomic E-state index is 13.0. The molecule has 0 spiro atoms. The molecule has 172 valence electrons. The van der Waals surface area contributed by atoms with Crippen LogP contribution in [-0.4, -0.2) is 40.4 Å². The summed E-state index contributed by atoms with van der Waals surface area (Å²) in [5.74, 6) is -0.835. The molecule has 0 fully saturated rings. The van der Waals surface area contributed by atoms with Crippen LogP contribution in [0.3, 0.4) is 0 Å². The lowest BCUT2D eigenvalue weighted by Crippen LogP contribution is -2.36. The molecule has 6 N–H and O–H groups in total. The molecule has 0 radical (unpaired) electrons. The average Bonchev–Trinajstić information content (AvgIpc) is 2.71. The second-order valence-corrected chi connectivity index (χ2v) is 8.78. The van der Waals surface area contributed by atoms with E-state index in [9.17, 15) is 20.1 Å². The normalized spacial score (nSPS) is 19.6. The van der Waals surface area contributed by atoms with Crippen LogP contribution >= 0.6 is 0 Å². The summed E-state index contributed by atoms with van der Waals surface area (Å²) in [6, 6.07) is 1.62. The van der Waals surface area contributed by atoms with E-state index in [1.54, 1.807) is 6.07 Å². The molecule has 0 bridgehead atoms. The van der Waals surface area contributed by atoms with E-state index in [1.807, 2.05) is 13.8 Å². The Kier molecular flexibility index (Phi) is 9.14. The standard InChI is InChI=1S/C25H38N2O4/c1-5-6-7-8-17-12-21(29)23(20-11-16(4)9-10-19(20)15(2)3)24(30)22(17)25(31)27-14-18(28)13-26/h11-12,18-20,28-30H,2,5-10,13-14,26H2,1,3-4H3,(H,27,31)/t18?,19-,20-/m1/s1. The van der Waals surface area contributed by atoms with E-state index in [-0.39, 0.29) is 42.0 Å². The van der Waals surface area contributed by atoms with Crippen LogP contribution < -0.4 is 11.1 Å². The van der Waals surface area contributed by atoms with Crippen LogP contribution in [0.5, 0.6) is 11.5 Å². The molecule has 1 aromatic carbocycles. The molecule has 6 nitrogen and oxygen atoms in total. The van der Waals surface area contributed by atoms with Gasteiger partial charge in [-0.25, -0.2) is 0 Å². The Hall–Kier alpha value is -2.31. The van der Waals surface area contributed by atoms with Gasteiger partial charge in [-0.2, -0.15) is 0 Å². The lowest BCUT2D eigenvalue weighted by atomic mass is 9.73. The summed E-state index contributed by atoms with van der Waals surface area (Å²) < 4.78 is 0. The lowest BCUT2D eigenvalue weighted by Gasteiger charge is -2.32. The molecule has 0 aliphatic heterocycles. The van der Waals surface area contributed by atoms with Crippen molar-refractivity contribution in [3.05, 3.63) is 46.6 Å². The fourth-order valence-electron chi connectivity index (χ4n) is 4.36. The Morgan fingerprint density at radius 3 is 2.68 bits per heavy atom. The smallest absolute Gasteiger partial charge is 0.255 e. The van der Waals surface area contributed by atoms with Crippen molar-refractivity contribution in [3.63, 3.8) is 0 Å². The molecule has 0 heterocycles. The van der Waals surface area contributed by atoms with Crippen molar-refractivity contribution in [2.75, 3.05) is 13.1 Å². The third kappa shape index (κ3) is 6.11. The molecule has 0 saturated carbocycles. The predicted octanol–water partition coefficient (Wildman–Crippen LogP) is 3.90. The van der Waals surface area contributed by atoms with Crippen molar-refractivity contribution >= 4 is 5.91 Å². The zero-order chi connectivity index (χ0) is 23.1. The molecule has 6 heteroatoms. The van der Waals surface area contributed by atoms with Crippen molar-refractivity contribution in [2.24, 2.45) is 11.7 Å². The number of phenols is 2. The Labute approximate surface area is 185 Å². The molecule has 0 aromatic heterocycles. The zero-order valence-electron chi connectivity index (χ0n) is 19.1. The summed E-state index contributed by atoms with van der Waals surface area (Å²) in [7, 11) is 0. The van der Waals surface area contributed by atoms with Crippen LogP contribution in [0, 0.1) is 5.92 Å². The molecule has 3 atom stereocenters. The number of hydrogen-bond acceptors (Lipinski definition) is 5. The topological polar surface area (TPSA) is 116 Å². The van der Waals surface area contributed by atoms with Gasteiger partial charge in [-0.05, 0) is 57.1 Å². The number of phenolic OH excluding ortho intramolecular Hbond substituents is 2. The van der Waals surface area contributed by atoms with Gasteiger partial charge >= 0.3 is 0 Å². The maximum Gasteiger partial charge on any atom is 0.255 e. The van der Waals surface area contributed by atoms with Crippen LogP contribution in [0.25, 0.3) is 0 Å². The van der Waals surface area contributed by atoms with E-state index < -0.39 is 12.0 Å². The van der Waals surface area contributed by atoms with E-state index in [0.29, 0.717) is 17.5 Å². The summed E-state index contributed by atoms with van der Waals surface area (Å²) in [5.41, 5.74) is 8.76. The number of unbranched alkanes of at least 4 members (excludes halogenated alkanes) is 2. The molecule has 1 aromatic rings. The molecule has 1 aliphatic carbocycles. The van der Waals surface area contributed by atoms with Gasteiger partial charge in [0.25, 0.3) is 5.91 Å². The third-order valence-corrected chi connectivity index (χ3v) is 6.16. The quantitative estimate of drug-likeness (QED) is 0.285. The van der Waals surface area contributed by atoms with E-state index >= 15 is 0 Å². The van der Waals surface area contributed by atoms with Gasteiger partial charge in [0.1, 0.15) is 11.5 Å². The van der Waals surface area contributed by atoms with Crippen molar-refractivity contribution in [1.29, 1.82) is 0 Å².